The third-order valence-electron chi connectivity index (χ3n) is 3.19. The van der Waals surface area contributed by atoms with E-state index in [4.69, 9.17) is 5.73 Å². The number of sulfone groups is 1. The van der Waals surface area contributed by atoms with E-state index >= 15 is 0 Å². The van der Waals surface area contributed by atoms with E-state index in [1.807, 2.05) is 6.92 Å². The molecule has 0 bridgehead atoms. The molecule has 0 heterocycles. The van der Waals surface area contributed by atoms with E-state index in [0.717, 1.165) is 12.1 Å². The van der Waals surface area contributed by atoms with Crippen LogP contribution in [0.2, 0.25) is 0 Å². The van der Waals surface area contributed by atoms with Gasteiger partial charge in [0, 0.05) is 13.0 Å². The van der Waals surface area contributed by atoms with E-state index in [2.05, 4.69) is 5.32 Å². The highest BCUT2D eigenvalue weighted by atomic mass is 32.2. The number of hydrogen-bond donors (Lipinski definition) is 2. The van der Waals surface area contributed by atoms with Crippen molar-refractivity contribution < 1.29 is 17.6 Å². The number of benzene rings is 1. The van der Waals surface area contributed by atoms with E-state index in [1.165, 1.54) is 19.1 Å². The summed E-state index contributed by atoms with van der Waals surface area (Å²) in [7, 11) is -3.65. The van der Waals surface area contributed by atoms with Crippen LogP contribution < -0.4 is 11.1 Å². The molecule has 21 heavy (non-hydrogen) atoms. The number of halogens is 1. The van der Waals surface area contributed by atoms with Gasteiger partial charge < -0.3 is 11.1 Å². The van der Waals surface area contributed by atoms with E-state index in [9.17, 15) is 17.6 Å². The minimum Gasteiger partial charge on any atom is -0.356 e. The Morgan fingerprint density at radius 3 is 2.38 bits per heavy atom. The highest BCUT2D eigenvalue weighted by Gasteiger charge is 2.25. The standard InChI is InChI=1S/C14H21FN2O3S/c1-10(8-16)9-17-14(18)7-11(2)21(19,20)13-5-3-12(15)4-6-13/h3-6,10-11H,7-9,16H2,1-2H3,(H,17,18). The van der Waals surface area contributed by atoms with Gasteiger partial charge in [0.05, 0.1) is 10.1 Å². The summed E-state index contributed by atoms with van der Waals surface area (Å²) in [6.45, 7) is 4.21. The summed E-state index contributed by atoms with van der Waals surface area (Å²) >= 11 is 0. The summed E-state index contributed by atoms with van der Waals surface area (Å²) in [5.74, 6) is -0.707. The van der Waals surface area contributed by atoms with E-state index in [0.29, 0.717) is 13.1 Å². The maximum Gasteiger partial charge on any atom is 0.221 e. The van der Waals surface area contributed by atoms with Crippen molar-refractivity contribution in [3.05, 3.63) is 30.1 Å². The highest BCUT2D eigenvalue weighted by molar-refractivity contribution is 7.92. The fourth-order valence-electron chi connectivity index (χ4n) is 1.67. The van der Waals surface area contributed by atoms with Crippen LogP contribution in [0.25, 0.3) is 0 Å². The molecule has 1 amide bonds. The summed E-state index contributed by atoms with van der Waals surface area (Å²) in [5.41, 5.74) is 5.44. The molecule has 0 saturated carbocycles. The second-order valence-electron chi connectivity index (χ2n) is 5.16. The number of nitrogens with two attached hydrogens (primary N) is 1. The Morgan fingerprint density at radius 2 is 1.86 bits per heavy atom. The van der Waals surface area contributed by atoms with Gasteiger partial charge in [-0.15, -0.1) is 0 Å². The first-order valence-electron chi connectivity index (χ1n) is 6.73. The van der Waals surface area contributed by atoms with Crippen molar-refractivity contribution >= 4 is 15.7 Å². The monoisotopic (exact) mass is 316 g/mol. The molecule has 0 radical (unpaired) electrons. The molecule has 5 nitrogen and oxygen atoms in total. The fourth-order valence-corrected chi connectivity index (χ4v) is 3.02. The minimum absolute atomic E-state index is 0.0135. The number of hydrogen-bond acceptors (Lipinski definition) is 4. The second kappa shape index (κ2) is 7.51. The van der Waals surface area contributed by atoms with Crippen molar-refractivity contribution in [1.29, 1.82) is 0 Å². The van der Waals surface area contributed by atoms with Gasteiger partial charge in [-0.1, -0.05) is 6.92 Å². The van der Waals surface area contributed by atoms with Crippen LogP contribution in [0.15, 0.2) is 29.2 Å². The van der Waals surface area contributed by atoms with Gasteiger partial charge in [-0.3, -0.25) is 4.79 Å². The third kappa shape index (κ3) is 5.09. The maximum absolute atomic E-state index is 12.8. The molecule has 0 fully saturated rings. The quantitative estimate of drug-likeness (QED) is 0.737. The van der Waals surface area contributed by atoms with Gasteiger partial charge in [0.1, 0.15) is 5.82 Å². The van der Waals surface area contributed by atoms with Crippen LogP contribution in [-0.4, -0.2) is 32.7 Å². The summed E-state index contributed by atoms with van der Waals surface area (Å²) in [4.78, 5) is 11.7. The number of carbonyl (C=O) groups excluding carboxylic acids is 1. The lowest BCUT2D eigenvalue weighted by atomic mass is 10.2. The minimum atomic E-state index is -3.65. The van der Waals surface area contributed by atoms with Crippen molar-refractivity contribution in [2.45, 2.75) is 30.4 Å². The predicted molar refractivity (Wildman–Crippen MR) is 78.9 cm³/mol. The Balaban J connectivity index is 2.67. The van der Waals surface area contributed by atoms with Gasteiger partial charge >= 0.3 is 0 Å². The number of carbonyl (C=O) groups is 1. The Bertz CT molecular complexity index is 572. The molecule has 1 aromatic rings. The molecular weight excluding hydrogens is 295 g/mol. The summed E-state index contributed by atoms with van der Waals surface area (Å²) < 4.78 is 37.3. The summed E-state index contributed by atoms with van der Waals surface area (Å²) in [6, 6.07) is 4.58. The molecule has 0 aliphatic rings. The lowest BCUT2D eigenvalue weighted by molar-refractivity contribution is -0.121. The predicted octanol–water partition coefficient (Wildman–Crippen LogP) is 1.09. The zero-order chi connectivity index (χ0) is 16.0. The molecule has 0 spiro atoms. The zero-order valence-corrected chi connectivity index (χ0v) is 13.0. The molecule has 7 heteroatoms. The van der Waals surface area contributed by atoms with Crippen LogP contribution in [0.4, 0.5) is 4.39 Å². The van der Waals surface area contributed by atoms with Crippen LogP contribution >= 0.6 is 0 Å². The largest absolute Gasteiger partial charge is 0.356 e. The molecule has 0 saturated heterocycles. The maximum atomic E-state index is 12.8. The van der Waals surface area contributed by atoms with Crippen molar-refractivity contribution in [2.24, 2.45) is 11.7 Å². The van der Waals surface area contributed by atoms with Crippen LogP contribution in [0.1, 0.15) is 20.3 Å². The van der Waals surface area contributed by atoms with E-state index < -0.39 is 20.9 Å². The number of rotatable bonds is 7. The molecule has 0 aromatic heterocycles. The number of amides is 1. The summed E-state index contributed by atoms with van der Waals surface area (Å²) in [6.07, 6.45) is -0.142. The van der Waals surface area contributed by atoms with Gasteiger partial charge in [-0.05, 0) is 43.7 Å². The molecule has 118 valence electrons. The fraction of sp³-hybridized carbons (Fsp3) is 0.500. The first-order valence-corrected chi connectivity index (χ1v) is 8.28. The van der Waals surface area contributed by atoms with Crippen molar-refractivity contribution in [3.63, 3.8) is 0 Å². The average molecular weight is 316 g/mol. The van der Waals surface area contributed by atoms with Crippen molar-refractivity contribution in [2.75, 3.05) is 13.1 Å². The van der Waals surface area contributed by atoms with Gasteiger partial charge in [-0.25, -0.2) is 12.8 Å². The van der Waals surface area contributed by atoms with Crippen molar-refractivity contribution in [1.82, 2.24) is 5.32 Å². The lowest BCUT2D eigenvalue weighted by Gasteiger charge is -2.14. The zero-order valence-electron chi connectivity index (χ0n) is 12.2. The smallest absolute Gasteiger partial charge is 0.221 e. The van der Waals surface area contributed by atoms with E-state index in [-0.39, 0.29) is 23.1 Å². The third-order valence-corrected chi connectivity index (χ3v) is 5.35. The molecule has 0 aliphatic carbocycles. The topological polar surface area (TPSA) is 89.3 Å². The van der Waals surface area contributed by atoms with Gasteiger partial charge in [-0.2, -0.15) is 0 Å². The van der Waals surface area contributed by atoms with Crippen LogP contribution in [0.3, 0.4) is 0 Å². The second-order valence-corrected chi connectivity index (χ2v) is 7.52. The lowest BCUT2D eigenvalue weighted by Crippen LogP contribution is -2.34. The Hall–Kier alpha value is -1.47. The number of nitrogens with one attached hydrogen (secondary N) is 1. The first kappa shape index (κ1) is 17.6. The SMILES string of the molecule is CC(CN)CNC(=O)CC(C)S(=O)(=O)c1ccc(F)cc1. The van der Waals surface area contributed by atoms with Gasteiger partial charge in [0.25, 0.3) is 0 Å². The molecule has 1 rings (SSSR count). The Morgan fingerprint density at radius 1 is 1.29 bits per heavy atom. The molecule has 0 aliphatic heterocycles. The van der Waals surface area contributed by atoms with Crippen LogP contribution in [-0.2, 0) is 14.6 Å². The van der Waals surface area contributed by atoms with Crippen molar-refractivity contribution in [3.8, 4) is 0 Å². The Labute approximate surface area is 124 Å². The molecule has 3 N–H and O–H groups in total. The van der Waals surface area contributed by atoms with Gasteiger partial charge in [0.15, 0.2) is 9.84 Å². The Kier molecular flexibility index (Phi) is 6.29. The molecule has 2 atom stereocenters. The summed E-state index contributed by atoms with van der Waals surface area (Å²) in [5, 5.41) is 1.77. The van der Waals surface area contributed by atoms with Crippen LogP contribution in [0, 0.1) is 11.7 Å². The van der Waals surface area contributed by atoms with Crippen LogP contribution in [0.5, 0.6) is 0 Å². The molecular formula is C14H21FN2O3S. The first-order chi connectivity index (χ1) is 9.77. The van der Waals surface area contributed by atoms with Gasteiger partial charge in [0.2, 0.25) is 5.91 Å². The van der Waals surface area contributed by atoms with E-state index in [1.54, 1.807) is 0 Å². The molecule has 1 aromatic carbocycles. The average Bonchev–Trinajstić information content (AvgIpc) is 2.45. The normalized spacial score (nSPS) is 14.5. The molecule has 2 unspecified atom stereocenters. The highest BCUT2D eigenvalue weighted by Crippen LogP contribution is 2.18.